The van der Waals surface area contributed by atoms with Crippen molar-refractivity contribution in [2.75, 3.05) is 10.2 Å². The zero-order valence-corrected chi connectivity index (χ0v) is 18.5. The van der Waals surface area contributed by atoms with Crippen LogP contribution in [-0.2, 0) is 9.59 Å². The van der Waals surface area contributed by atoms with E-state index in [0.29, 0.717) is 17.0 Å². The smallest absolute Gasteiger partial charge is 0.282 e. The van der Waals surface area contributed by atoms with Crippen LogP contribution in [0.25, 0.3) is 5.57 Å². The standard InChI is InChI=1S/C27H26N2O2/c1-16-7-12-22(13-8-16)29-26(30)24(21-11-10-18(3)20(5)15-21)25(27(29)31)28-23-14-17(2)6-9-19(23)4/h6-15,28H,1-5H3. The summed E-state index contributed by atoms with van der Waals surface area (Å²) < 4.78 is 0. The fourth-order valence-electron chi connectivity index (χ4n) is 3.74. The highest BCUT2D eigenvalue weighted by Gasteiger charge is 2.40. The van der Waals surface area contributed by atoms with E-state index < -0.39 is 0 Å². The molecule has 4 rings (SSSR count). The predicted octanol–water partition coefficient (Wildman–Crippen LogP) is 5.63. The van der Waals surface area contributed by atoms with Gasteiger partial charge in [0.25, 0.3) is 11.8 Å². The number of nitrogens with one attached hydrogen (secondary N) is 1. The van der Waals surface area contributed by atoms with E-state index in [9.17, 15) is 9.59 Å². The molecule has 1 N–H and O–H groups in total. The highest BCUT2D eigenvalue weighted by atomic mass is 16.2. The molecule has 0 saturated heterocycles. The molecular weight excluding hydrogens is 384 g/mol. The van der Waals surface area contributed by atoms with E-state index in [1.807, 2.05) is 95.3 Å². The number of rotatable bonds is 4. The molecule has 1 aliphatic heterocycles. The van der Waals surface area contributed by atoms with Crippen molar-refractivity contribution in [3.63, 3.8) is 0 Å². The number of benzene rings is 3. The lowest BCUT2D eigenvalue weighted by Gasteiger charge is -2.16. The Kier molecular flexibility index (Phi) is 5.24. The molecule has 31 heavy (non-hydrogen) atoms. The van der Waals surface area contributed by atoms with Gasteiger partial charge in [-0.1, -0.05) is 48.0 Å². The Balaban J connectivity index is 1.87. The molecule has 3 aromatic rings. The van der Waals surface area contributed by atoms with Gasteiger partial charge in [0.2, 0.25) is 0 Å². The molecule has 0 aliphatic carbocycles. The molecule has 1 heterocycles. The van der Waals surface area contributed by atoms with Gasteiger partial charge < -0.3 is 5.32 Å². The van der Waals surface area contributed by atoms with Crippen molar-refractivity contribution in [1.29, 1.82) is 0 Å². The summed E-state index contributed by atoms with van der Waals surface area (Å²) in [6.07, 6.45) is 0. The van der Waals surface area contributed by atoms with Crippen LogP contribution in [0.1, 0.15) is 33.4 Å². The number of carbonyl (C=O) groups excluding carboxylic acids is 2. The monoisotopic (exact) mass is 410 g/mol. The molecule has 0 aromatic heterocycles. The molecule has 0 spiro atoms. The quantitative estimate of drug-likeness (QED) is 0.568. The first-order valence-corrected chi connectivity index (χ1v) is 10.4. The molecule has 0 unspecified atom stereocenters. The average Bonchev–Trinajstić information content (AvgIpc) is 2.97. The van der Waals surface area contributed by atoms with Crippen molar-refractivity contribution < 1.29 is 9.59 Å². The van der Waals surface area contributed by atoms with Gasteiger partial charge >= 0.3 is 0 Å². The number of nitrogens with zero attached hydrogens (tertiary/aromatic N) is 1. The maximum absolute atomic E-state index is 13.6. The number of aryl methyl sites for hydroxylation is 5. The molecule has 0 bridgehead atoms. The molecule has 0 saturated carbocycles. The number of amides is 2. The van der Waals surface area contributed by atoms with E-state index in [-0.39, 0.29) is 11.8 Å². The predicted molar refractivity (Wildman–Crippen MR) is 126 cm³/mol. The zero-order chi connectivity index (χ0) is 22.3. The zero-order valence-electron chi connectivity index (χ0n) is 18.5. The summed E-state index contributed by atoms with van der Waals surface area (Å²) in [4.78, 5) is 28.3. The van der Waals surface area contributed by atoms with Crippen molar-refractivity contribution in [1.82, 2.24) is 0 Å². The third kappa shape index (κ3) is 3.77. The van der Waals surface area contributed by atoms with Gasteiger partial charge in [-0.3, -0.25) is 9.59 Å². The number of carbonyl (C=O) groups is 2. The first-order chi connectivity index (χ1) is 14.8. The fraction of sp³-hybridized carbons (Fsp3) is 0.185. The summed E-state index contributed by atoms with van der Waals surface area (Å²) in [6, 6.07) is 19.3. The van der Waals surface area contributed by atoms with Crippen LogP contribution in [0.4, 0.5) is 11.4 Å². The third-order valence-electron chi connectivity index (χ3n) is 5.82. The van der Waals surface area contributed by atoms with Crippen LogP contribution >= 0.6 is 0 Å². The molecule has 0 radical (unpaired) electrons. The maximum atomic E-state index is 13.6. The van der Waals surface area contributed by atoms with Gasteiger partial charge in [0, 0.05) is 5.69 Å². The maximum Gasteiger partial charge on any atom is 0.282 e. The summed E-state index contributed by atoms with van der Waals surface area (Å²) in [6.45, 7) is 10.0. The summed E-state index contributed by atoms with van der Waals surface area (Å²) in [7, 11) is 0. The molecular formula is C27H26N2O2. The molecule has 1 aliphatic rings. The van der Waals surface area contributed by atoms with Crippen LogP contribution in [0, 0.1) is 34.6 Å². The first kappa shape index (κ1) is 20.6. The van der Waals surface area contributed by atoms with Crippen molar-refractivity contribution in [2.45, 2.75) is 34.6 Å². The minimum Gasteiger partial charge on any atom is -0.350 e. The second-order valence-corrected chi connectivity index (χ2v) is 8.27. The SMILES string of the molecule is Cc1ccc(N2C(=O)C(Nc3cc(C)ccc3C)=C(c3ccc(C)c(C)c3)C2=O)cc1. The van der Waals surface area contributed by atoms with Crippen molar-refractivity contribution in [3.05, 3.63) is 99.7 Å². The van der Waals surface area contributed by atoms with Gasteiger partial charge in [-0.05, 0) is 80.6 Å². The second kappa shape index (κ2) is 7.88. The van der Waals surface area contributed by atoms with E-state index in [1.54, 1.807) is 0 Å². The van der Waals surface area contributed by atoms with Crippen LogP contribution in [-0.4, -0.2) is 11.8 Å². The lowest BCUT2D eigenvalue weighted by molar-refractivity contribution is -0.120. The summed E-state index contributed by atoms with van der Waals surface area (Å²) >= 11 is 0. The third-order valence-corrected chi connectivity index (χ3v) is 5.82. The normalized spacial score (nSPS) is 13.9. The minimum absolute atomic E-state index is 0.308. The number of hydrogen-bond acceptors (Lipinski definition) is 3. The number of anilines is 2. The van der Waals surface area contributed by atoms with E-state index in [1.165, 1.54) is 4.90 Å². The van der Waals surface area contributed by atoms with Crippen LogP contribution in [0.15, 0.2) is 66.4 Å². The Hall–Kier alpha value is -3.66. The number of hydrogen-bond donors (Lipinski definition) is 1. The molecule has 156 valence electrons. The Morgan fingerprint density at radius 2 is 1.29 bits per heavy atom. The van der Waals surface area contributed by atoms with Crippen LogP contribution < -0.4 is 10.2 Å². The summed E-state index contributed by atoms with van der Waals surface area (Å²) in [5, 5.41) is 3.29. The van der Waals surface area contributed by atoms with E-state index in [4.69, 9.17) is 0 Å². The van der Waals surface area contributed by atoms with E-state index in [0.717, 1.165) is 39.1 Å². The molecule has 0 fully saturated rings. The highest BCUT2D eigenvalue weighted by Crippen LogP contribution is 2.35. The Labute approximate surface area is 183 Å². The van der Waals surface area contributed by atoms with E-state index >= 15 is 0 Å². The Morgan fingerprint density at radius 3 is 1.97 bits per heavy atom. The molecule has 2 amide bonds. The largest absolute Gasteiger partial charge is 0.350 e. The molecule has 0 atom stereocenters. The summed E-state index contributed by atoms with van der Waals surface area (Å²) in [5.41, 5.74) is 8.20. The average molecular weight is 411 g/mol. The topological polar surface area (TPSA) is 49.4 Å². The van der Waals surface area contributed by atoms with Crippen molar-refractivity contribution >= 4 is 28.8 Å². The molecule has 3 aromatic carbocycles. The second-order valence-electron chi connectivity index (χ2n) is 8.27. The van der Waals surface area contributed by atoms with Crippen molar-refractivity contribution in [2.24, 2.45) is 0 Å². The Morgan fingerprint density at radius 1 is 0.645 bits per heavy atom. The lowest BCUT2D eigenvalue weighted by atomic mass is 9.99. The molecule has 4 heteroatoms. The van der Waals surface area contributed by atoms with Crippen LogP contribution in [0.3, 0.4) is 0 Å². The van der Waals surface area contributed by atoms with Crippen molar-refractivity contribution in [3.8, 4) is 0 Å². The lowest BCUT2D eigenvalue weighted by Crippen LogP contribution is -2.32. The minimum atomic E-state index is -0.344. The highest BCUT2D eigenvalue weighted by molar-refractivity contribution is 6.46. The van der Waals surface area contributed by atoms with Gasteiger partial charge in [0.05, 0.1) is 11.3 Å². The Bertz CT molecular complexity index is 1240. The first-order valence-electron chi connectivity index (χ1n) is 10.4. The summed E-state index contributed by atoms with van der Waals surface area (Å²) in [5.74, 6) is -0.659. The van der Waals surface area contributed by atoms with Gasteiger partial charge in [0.15, 0.2) is 0 Å². The number of imide groups is 1. The van der Waals surface area contributed by atoms with Crippen LogP contribution in [0.2, 0.25) is 0 Å². The van der Waals surface area contributed by atoms with Gasteiger partial charge in [0.1, 0.15) is 5.70 Å². The van der Waals surface area contributed by atoms with Gasteiger partial charge in [-0.2, -0.15) is 0 Å². The fourth-order valence-corrected chi connectivity index (χ4v) is 3.74. The molecule has 4 nitrogen and oxygen atoms in total. The van der Waals surface area contributed by atoms with E-state index in [2.05, 4.69) is 5.32 Å². The van der Waals surface area contributed by atoms with Crippen LogP contribution in [0.5, 0.6) is 0 Å². The van der Waals surface area contributed by atoms with Gasteiger partial charge in [-0.15, -0.1) is 0 Å². The van der Waals surface area contributed by atoms with Gasteiger partial charge in [-0.25, -0.2) is 4.90 Å².